The van der Waals surface area contributed by atoms with Crippen molar-refractivity contribution in [2.75, 3.05) is 12.4 Å². The zero-order valence-corrected chi connectivity index (χ0v) is 12.6. The van der Waals surface area contributed by atoms with Gasteiger partial charge < -0.3 is 15.0 Å². The fourth-order valence-corrected chi connectivity index (χ4v) is 2.44. The fraction of sp³-hybridized carbons (Fsp3) is 0.111. The Labute approximate surface area is 132 Å². The maximum atomic E-state index is 12.2. The van der Waals surface area contributed by atoms with Crippen LogP contribution in [0.4, 0.5) is 5.69 Å². The minimum absolute atomic E-state index is 0.123. The summed E-state index contributed by atoms with van der Waals surface area (Å²) in [5.41, 5.74) is 1.40. The summed E-state index contributed by atoms with van der Waals surface area (Å²) in [6, 6.07) is 14.4. The zero-order chi connectivity index (χ0) is 16.2. The molecule has 0 fully saturated rings. The fourth-order valence-electron chi connectivity index (χ4n) is 2.44. The van der Waals surface area contributed by atoms with Crippen molar-refractivity contribution in [2.24, 2.45) is 0 Å². The highest BCUT2D eigenvalue weighted by atomic mass is 16.5. The number of rotatable bonds is 4. The molecule has 116 valence electrons. The van der Waals surface area contributed by atoms with Gasteiger partial charge in [-0.1, -0.05) is 12.1 Å². The Bertz CT molecular complexity index is 915. The summed E-state index contributed by atoms with van der Waals surface area (Å²) in [7, 11) is 1.59. The molecular weight excluding hydrogens is 292 g/mol. The van der Waals surface area contributed by atoms with Gasteiger partial charge in [0.15, 0.2) is 0 Å². The molecule has 0 aliphatic carbocycles. The standard InChI is InChI=1S/C18H16N2O3/c1-23-15-4-2-3-12(9-15)10-17(21)20-14-5-6-16-13(11-14)7-8-19-18(16)22/h2-9,11H,10H2,1H3,(H,19,22)(H,20,21). The predicted octanol–water partition coefficient (Wildman–Crippen LogP) is 2.72. The van der Waals surface area contributed by atoms with Crippen LogP contribution in [0.5, 0.6) is 5.75 Å². The van der Waals surface area contributed by atoms with Gasteiger partial charge in [0, 0.05) is 17.3 Å². The van der Waals surface area contributed by atoms with E-state index < -0.39 is 0 Å². The normalized spacial score (nSPS) is 10.5. The molecule has 1 heterocycles. The van der Waals surface area contributed by atoms with Crippen LogP contribution in [0.2, 0.25) is 0 Å². The number of methoxy groups -OCH3 is 1. The zero-order valence-electron chi connectivity index (χ0n) is 12.6. The Balaban J connectivity index is 1.76. The second-order valence-electron chi connectivity index (χ2n) is 5.19. The molecule has 5 heteroatoms. The Morgan fingerprint density at radius 1 is 1.17 bits per heavy atom. The number of aromatic amines is 1. The van der Waals surface area contributed by atoms with Gasteiger partial charge in [0.05, 0.1) is 13.5 Å². The first kappa shape index (κ1) is 14.8. The quantitative estimate of drug-likeness (QED) is 0.778. The van der Waals surface area contributed by atoms with Crippen molar-refractivity contribution in [3.63, 3.8) is 0 Å². The van der Waals surface area contributed by atoms with E-state index in [0.717, 1.165) is 16.7 Å². The van der Waals surface area contributed by atoms with E-state index in [2.05, 4.69) is 10.3 Å². The molecule has 0 aliphatic heterocycles. The number of pyridine rings is 1. The number of amides is 1. The molecule has 0 unspecified atom stereocenters. The van der Waals surface area contributed by atoms with Gasteiger partial charge in [0.25, 0.3) is 5.56 Å². The van der Waals surface area contributed by atoms with E-state index in [4.69, 9.17) is 4.74 Å². The van der Waals surface area contributed by atoms with Crippen LogP contribution in [0.3, 0.4) is 0 Å². The number of nitrogens with one attached hydrogen (secondary N) is 2. The lowest BCUT2D eigenvalue weighted by atomic mass is 10.1. The molecule has 5 nitrogen and oxygen atoms in total. The molecule has 2 aromatic carbocycles. The van der Waals surface area contributed by atoms with E-state index in [-0.39, 0.29) is 17.9 Å². The molecule has 3 aromatic rings. The van der Waals surface area contributed by atoms with Gasteiger partial charge in [0.2, 0.25) is 5.91 Å². The van der Waals surface area contributed by atoms with Gasteiger partial charge >= 0.3 is 0 Å². The molecule has 0 spiro atoms. The number of carbonyl (C=O) groups is 1. The van der Waals surface area contributed by atoms with Gasteiger partial charge in [0.1, 0.15) is 5.75 Å². The lowest BCUT2D eigenvalue weighted by molar-refractivity contribution is -0.115. The number of ether oxygens (including phenoxy) is 1. The second kappa shape index (κ2) is 6.36. The maximum absolute atomic E-state index is 12.2. The van der Waals surface area contributed by atoms with Crippen LogP contribution in [0.15, 0.2) is 59.5 Å². The molecule has 0 saturated carbocycles. The Morgan fingerprint density at radius 2 is 2.04 bits per heavy atom. The third kappa shape index (κ3) is 3.40. The molecule has 0 saturated heterocycles. The van der Waals surface area contributed by atoms with Crippen molar-refractivity contribution >= 4 is 22.4 Å². The van der Waals surface area contributed by atoms with Crippen molar-refractivity contribution in [2.45, 2.75) is 6.42 Å². The second-order valence-corrected chi connectivity index (χ2v) is 5.19. The number of hydrogen-bond donors (Lipinski definition) is 2. The summed E-state index contributed by atoms with van der Waals surface area (Å²) in [5, 5.41) is 4.23. The number of fused-ring (bicyclic) bond motifs is 1. The highest BCUT2D eigenvalue weighted by Crippen LogP contribution is 2.17. The van der Waals surface area contributed by atoms with Crippen molar-refractivity contribution in [3.05, 3.63) is 70.6 Å². The number of carbonyl (C=O) groups excluding carboxylic acids is 1. The molecular formula is C18H16N2O3. The number of aromatic nitrogens is 1. The number of anilines is 1. The summed E-state index contributed by atoms with van der Waals surface area (Å²) < 4.78 is 5.15. The first-order valence-electron chi connectivity index (χ1n) is 7.20. The van der Waals surface area contributed by atoms with Gasteiger partial charge in [-0.15, -0.1) is 0 Å². The number of H-pyrrole nitrogens is 1. The molecule has 1 amide bonds. The van der Waals surface area contributed by atoms with E-state index in [9.17, 15) is 9.59 Å². The molecule has 23 heavy (non-hydrogen) atoms. The van der Waals surface area contributed by atoms with Gasteiger partial charge in [-0.3, -0.25) is 9.59 Å². The van der Waals surface area contributed by atoms with E-state index in [1.165, 1.54) is 0 Å². The van der Waals surface area contributed by atoms with Crippen LogP contribution in [-0.2, 0) is 11.2 Å². The smallest absolute Gasteiger partial charge is 0.255 e. The molecule has 0 atom stereocenters. The number of hydrogen-bond acceptors (Lipinski definition) is 3. The predicted molar refractivity (Wildman–Crippen MR) is 89.9 cm³/mol. The first-order valence-corrected chi connectivity index (χ1v) is 7.20. The van der Waals surface area contributed by atoms with E-state index >= 15 is 0 Å². The molecule has 3 rings (SSSR count). The topological polar surface area (TPSA) is 71.2 Å². The lowest BCUT2D eigenvalue weighted by Gasteiger charge is -2.07. The van der Waals surface area contributed by atoms with Crippen LogP contribution < -0.4 is 15.6 Å². The maximum Gasteiger partial charge on any atom is 0.255 e. The van der Waals surface area contributed by atoms with Crippen molar-refractivity contribution < 1.29 is 9.53 Å². The van der Waals surface area contributed by atoms with Crippen LogP contribution in [0.25, 0.3) is 10.8 Å². The monoisotopic (exact) mass is 308 g/mol. The molecule has 0 bridgehead atoms. The Morgan fingerprint density at radius 3 is 2.87 bits per heavy atom. The largest absolute Gasteiger partial charge is 0.497 e. The minimum Gasteiger partial charge on any atom is -0.497 e. The molecule has 0 radical (unpaired) electrons. The highest BCUT2D eigenvalue weighted by molar-refractivity contribution is 5.95. The number of benzene rings is 2. The molecule has 1 aromatic heterocycles. The lowest BCUT2D eigenvalue weighted by Crippen LogP contribution is -2.14. The van der Waals surface area contributed by atoms with Crippen molar-refractivity contribution in [3.8, 4) is 5.75 Å². The average molecular weight is 308 g/mol. The van der Waals surface area contributed by atoms with E-state index in [0.29, 0.717) is 11.1 Å². The average Bonchev–Trinajstić information content (AvgIpc) is 2.55. The summed E-state index contributed by atoms with van der Waals surface area (Å²) in [6.07, 6.45) is 1.84. The van der Waals surface area contributed by atoms with Crippen molar-refractivity contribution in [1.82, 2.24) is 4.98 Å². The minimum atomic E-state index is -0.142. The highest BCUT2D eigenvalue weighted by Gasteiger charge is 2.06. The van der Waals surface area contributed by atoms with Crippen LogP contribution >= 0.6 is 0 Å². The molecule has 2 N–H and O–H groups in total. The Hall–Kier alpha value is -3.08. The van der Waals surface area contributed by atoms with Gasteiger partial charge in [-0.05, 0) is 47.3 Å². The summed E-state index contributed by atoms with van der Waals surface area (Å²) in [6.45, 7) is 0. The van der Waals surface area contributed by atoms with E-state index in [1.807, 2.05) is 24.3 Å². The summed E-state index contributed by atoms with van der Waals surface area (Å²) in [4.78, 5) is 26.4. The van der Waals surface area contributed by atoms with Gasteiger partial charge in [-0.25, -0.2) is 0 Å². The molecule has 0 aliphatic rings. The van der Waals surface area contributed by atoms with Crippen LogP contribution in [0.1, 0.15) is 5.56 Å². The Kier molecular flexibility index (Phi) is 4.10. The van der Waals surface area contributed by atoms with Crippen LogP contribution in [0, 0.1) is 0 Å². The van der Waals surface area contributed by atoms with Gasteiger partial charge in [-0.2, -0.15) is 0 Å². The third-order valence-electron chi connectivity index (χ3n) is 3.56. The van der Waals surface area contributed by atoms with E-state index in [1.54, 1.807) is 37.6 Å². The van der Waals surface area contributed by atoms with Crippen molar-refractivity contribution in [1.29, 1.82) is 0 Å². The first-order chi connectivity index (χ1) is 11.2. The van der Waals surface area contributed by atoms with Crippen LogP contribution in [-0.4, -0.2) is 18.0 Å². The third-order valence-corrected chi connectivity index (χ3v) is 3.56. The SMILES string of the molecule is COc1cccc(CC(=O)Nc2ccc3c(=O)[nH]ccc3c2)c1. The summed E-state index contributed by atoms with van der Waals surface area (Å²) >= 11 is 0. The summed E-state index contributed by atoms with van der Waals surface area (Å²) in [5.74, 6) is 0.600.